The monoisotopic (exact) mass is 405 g/mol. The molecule has 2 atom stereocenters. The van der Waals surface area contributed by atoms with Gasteiger partial charge in [0.25, 0.3) is 0 Å². The normalized spacial score (nSPS) is 18.4. The number of likely N-dealkylation sites (N-methyl/N-ethyl adjacent to an activating group) is 1. The van der Waals surface area contributed by atoms with Gasteiger partial charge in [-0.2, -0.15) is 0 Å². The summed E-state index contributed by atoms with van der Waals surface area (Å²) in [7, 11) is 1.88. The molecule has 1 aliphatic rings. The number of tetrazole rings is 1. The van der Waals surface area contributed by atoms with Gasteiger partial charge < -0.3 is 4.90 Å². The van der Waals surface area contributed by atoms with Crippen molar-refractivity contribution < 1.29 is 4.79 Å². The van der Waals surface area contributed by atoms with Gasteiger partial charge >= 0.3 is 0 Å². The van der Waals surface area contributed by atoms with E-state index >= 15 is 0 Å². The van der Waals surface area contributed by atoms with Crippen LogP contribution in [0.25, 0.3) is 5.69 Å². The molecular weight excluding hydrogens is 378 g/mol. The number of nitrogens with one attached hydrogen (secondary N) is 2. The minimum absolute atomic E-state index is 0.129. The number of benzene rings is 2. The molecule has 8 heteroatoms. The molecule has 8 nitrogen and oxygen atoms in total. The van der Waals surface area contributed by atoms with Crippen LogP contribution in [0.15, 0.2) is 60.9 Å². The summed E-state index contributed by atoms with van der Waals surface area (Å²) in [5.41, 5.74) is 9.95. The van der Waals surface area contributed by atoms with Gasteiger partial charge in [-0.15, -0.1) is 5.10 Å². The van der Waals surface area contributed by atoms with Gasteiger partial charge in [0.2, 0.25) is 5.91 Å². The molecule has 1 saturated heterocycles. The van der Waals surface area contributed by atoms with Crippen LogP contribution in [0.1, 0.15) is 36.4 Å². The quantitative estimate of drug-likeness (QED) is 0.596. The van der Waals surface area contributed by atoms with Gasteiger partial charge in [0.05, 0.1) is 12.1 Å². The predicted octanol–water partition coefficient (Wildman–Crippen LogP) is 2.05. The molecule has 156 valence electrons. The Balaban J connectivity index is 1.19. The Morgan fingerprint density at radius 3 is 2.67 bits per heavy atom. The lowest BCUT2D eigenvalue weighted by Crippen LogP contribution is -2.33. The number of hydrogen-bond acceptors (Lipinski definition) is 6. The molecule has 0 saturated carbocycles. The topological polar surface area (TPSA) is 88.0 Å². The molecule has 0 bridgehead atoms. The molecule has 0 radical (unpaired) electrons. The number of amides is 1. The first-order valence-electron chi connectivity index (χ1n) is 10.3. The fourth-order valence-electron chi connectivity index (χ4n) is 3.77. The van der Waals surface area contributed by atoms with Crippen LogP contribution in [0.4, 0.5) is 0 Å². The Hall–Kier alpha value is -3.10. The van der Waals surface area contributed by atoms with E-state index in [0.29, 0.717) is 18.5 Å². The molecule has 2 unspecified atom stereocenters. The molecule has 0 aliphatic carbocycles. The largest absolute Gasteiger partial charge is 0.345 e. The van der Waals surface area contributed by atoms with Crippen molar-refractivity contribution >= 4 is 5.91 Å². The molecule has 3 aromatic rings. The van der Waals surface area contributed by atoms with Crippen molar-refractivity contribution in [2.75, 3.05) is 13.6 Å². The zero-order valence-corrected chi connectivity index (χ0v) is 17.1. The Kier molecular flexibility index (Phi) is 6.46. The average molecular weight is 406 g/mol. The summed E-state index contributed by atoms with van der Waals surface area (Å²) in [6, 6.07) is 19.0. The van der Waals surface area contributed by atoms with Crippen molar-refractivity contribution in [3.8, 4) is 5.69 Å². The lowest BCUT2D eigenvalue weighted by Gasteiger charge is -2.18. The number of aromatic nitrogens is 4. The standard InChI is InChI=1S/C22H27N7O/c1-28(13-5-8-19-15-21(25-24-19)18-6-3-2-4-7-18)22(30)14-17-9-11-20(12-10-17)29-16-23-26-27-29/h2-4,6-7,9-12,16,19,21,24-25H,5,8,13-15H2,1H3. The van der Waals surface area contributed by atoms with E-state index in [4.69, 9.17) is 0 Å². The number of carbonyl (C=O) groups excluding carboxylic acids is 1. The van der Waals surface area contributed by atoms with E-state index in [-0.39, 0.29) is 5.91 Å². The van der Waals surface area contributed by atoms with Crippen LogP contribution >= 0.6 is 0 Å². The summed E-state index contributed by atoms with van der Waals surface area (Å²) in [4.78, 5) is 14.4. The molecule has 2 aromatic carbocycles. The van der Waals surface area contributed by atoms with E-state index in [1.54, 1.807) is 11.0 Å². The van der Waals surface area contributed by atoms with Gasteiger partial charge in [-0.3, -0.25) is 15.6 Å². The van der Waals surface area contributed by atoms with E-state index in [2.05, 4.69) is 50.6 Å². The van der Waals surface area contributed by atoms with Crippen LogP contribution in [0.3, 0.4) is 0 Å². The average Bonchev–Trinajstić information content (AvgIpc) is 3.47. The minimum atomic E-state index is 0.129. The van der Waals surface area contributed by atoms with Gasteiger partial charge in [-0.05, 0) is 52.9 Å². The first-order valence-corrected chi connectivity index (χ1v) is 10.3. The fraction of sp³-hybridized carbons (Fsp3) is 0.364. The lowest BCUT2D eigenvalue weighted by atomic mass is 10.00. The van der Waals surface area contributed by atoms with Crippen LogP contribution < -0.4 is 10.9 Å². The molecule has 2 N–H and O–H groups in total. The lowest BCUT2D eigenvalue weighted by molar-refractivity contribution is -0.129. The summed E-state index contributed by atoms with van der Waals surface area (Å²) in [6.45, 7) is 0.760. The zero-order valence-electron chi connectivity index (χ0n) is 17.1. The second-order valence-corrected chi connectivity index (χ2v) is 7.74. The molecule has 1 aliphatic heterocycles. The molecule has 1 fully saturated rings. The molecule has 4 rings (SSSR count). The maximum absolute atomic E-state index is 12.6. The van der Waals surface area contributed by atoms with E-state index in [9.17, 15) is 4.79 Å². The van der Waals surface area contributed by atoms with Crippen molar-refractivity contribution in [3.05, 3.63) is 72.1 Å². The molecule has 30 heavy (non-hydrogen) atoms. The number of hydrazine groups is 1. The summed E-state index contributed by atoms with van der Waals surface area (Å²) in [5.74, 6) is 0.129. The summed E-state index contributed by atoms with van der Waals surface area (Å²) >= 11 is 0. The number of rotatable bonds is 8. The van der Waals surface area contributed by atoms with Gasteiger partial charge in [0, 0.05) is 25.7 Å². The number of nitrogens with zero attached hydrogens (tertiary/aromatic N) is 5. The van der Waals surface area contributed by atoms with Crippen LogP contribution in [0.5, 0.6) is 0 Å². The predicted molar refractivity (Wildman–Crippen MR) is 114 cm³/mol. The minimum Gasteiger partial charge on any atom is -0.345 e. The van der Waals surface area contributed by atoms with Crippen molar-refractivity contribution in [2.45, 2.75) is 37.8 Å². The highest BCUT2D eigenvalue weighted by Crippen LogP contribution is 2.23. The Bertz CT molecular complexity index is 928. The zero-order chi connectivity index (χ0) is 20.8. The molecule has 1 aromatic heterocycles. The van der Waals surface area contributed by atoms with Gasteiger partial charge in [-0.1, -0.05) is 42.5 Å². The van der Waals surface area contributed by atoms with Gasteiger partial charge in [0.15, 0.2) is 0 Å². The van der Waals surface area contributed by atoms with E-state index in [1.165, 1.54) is 5.56 Å². The van der Waals surface area contributed by atoms with Crippen molar-refractivity contribution in [3.63, 3.8) is 0 Å². The maximum atomic E-state index is 12.6. The summed E-state index contributed by atoms with van der Waals surface area (Å²) in [6.07, 6.45) is 5.02. The number of carbonyl (C=O) groups is 1. The third-order valence-corrected chi connectivity index (χ3v) is 5.56. The van der Waals surface area contributed by atoms with Crippen molar-refractivity contribution in [1.29, 1.82) is 0 Å². The SMILES string of the molecule is CN(CCCC1CC(c2ccccc2)NN1)C(=O)Cc1ccc(-n2cnnn2)cc1. The highest BCUT2D eigenvalue weighted by atomic mass is 16.2. The smallest absolute Gasteiger partial charge is 0.226 e. The second-order valence-electron chi connectivity index (χ2n) is 7.74. The molecule has 1 amide bonds. The third kappa shape index (κ3) is 5.08. The van der Waals surface area contributed by atoms with E-state index in [1.807, 2.05) is 42.3 Å². The highest BCUT2D eigenvalue weighted by molar-refractivity contribution is 5.78. The Labute approximate surface area is 176 Å². The Morgan fingerprint density at radius 1 is 1.13 bits per heavy atom. The molecule has 0 spiro atoms. The third-order valence-electron chi connectivity index (χ3n) is 5.56. The van der Waals surface area contributed by atoms with Crippen molar-refractivity contribution in [1.82, 2.24) is 36.0 Å². The van der Waals surface area contributed by atoms with E-state index in [0.717, 1.165) is 37.1 Å². The molecule has 2 heterocycles. The van der Waals surface area contributed by atoms with Crippen LogP contribution in [0.2, 0.25) is 0 Å². The van der Waals surface area contributed by atoms with Crippen LogP contribution in [-0.4, -0.2) is 50.6 Å². The first kappa shape index (κ1) is 20.2. The van der Waals surface area contributed by atoms with Gasteiger partial charge in [0.1, 0.15) is 6.33 Å². The van der Waals surface area contributed by atoms with Crippen molar-refractivity contribution in [2.24, 2.45) is 0 Å². The molecular formula is C22H27N7O. The maximum Gasteiger partial charge on any atom is 0.226 e. The summed E-state index contributed by atoms with van der Waals surface area (Å²) in [5, 5.41) is 11.1. The van der Waals surface area contributed by atoms with Crippen LogP contribution in [-0.2, 0) is 11.2 Å². The Morgan fingerprint density at radius 2 is 1.93 bits per heavy atom. The van der Waals surface area contributed by atoms with Gasteiger partial charge in [-0.25, -0.2) is 4.68 Å². The number of hydrogen-bond donors (Lipinski definition) is 2. The first-order chi connectivity index (χ1) is 14.7. The summed E-state index contributed by atoms with van der Waals surface area (Å²) < 4.78 is 1.59. The fourth-order valence-corrected chi connectivity index (χ4v) is 3.77. The van der Waals surface area contributed by atoms with E-state index < -0.39 is 0 Å². The highest BCUT2D eigenvalue weighted by Gasteiger charge is 2.24. The second kappa shape index (κ2) is 9.60. The van der Waals surface area contributed by atoms with Crippen LogP contribution in [0, 0.1) is 0 Å².